The highest BCUT2D eigenvalue weighted by atomic mass is 79.9. The van der Waals surface area contributed by atoms with Crippen molar-refractivity contribution < 1.29 is 4.79 Å². The number of carbonyl (C=O) groups is 1. The summed E-state index contributed by atoms with van der Waals surface area (Å²) in [6.45, 7) is 4.09. The molecule has 0 atom stereocenters. The minimum Gasteiger partial charge on any atom is -0.322 e. The van der Waals surface area contributed by atoms with Crippen LogP contribution in [0.15, 0.2) is 71.2 Å². The van der Waals surface area contributed by atoms with Crippen LogP contribution in [-0.2, 0) is 6.42 Å². The van der Waals surface area contributed by atoms with Crippen molar-refractivity contribution in [3.8, 4) is 11.3 Å². The monoisotopic (exact) mass is 478 g/mol. The molecular weight excluding hydrogens is 460 g/mol. The Bertz CT molecular complexity index is 1250. The number of benzene rings is 3. The van der Waals surface area contributed by atoms with Gasteiger partial charge in [-0.1, -0.05) is 52.7 Å². The number of aryl methyl sites for hydroxylation is 2. The molecule has 4 rings (SSSR count). The molecular formula is C25H20BrClN2O. The lowest BCUT2D eigenvalue weighted by molar-refractivity contribution is 0.102. The van der Waals surface area contributed by atoms with E-state index in [1.807, 2.05) is 61.5 Å². The number of aromatic nitrogens is 1. The minimum atomic E-state index is -0.160. The van der Waals surface area contributed by atoms with Crippen molar-refractivity contribution in [2.24, 2.45) is 0 Å². The van der Waals surface area contributed by atoms with Gasteiger partial charge in [-0.15, -0.1) is 0 Å². The van der Waals surface area contributed by atoms with E-state index in [4.69, 9.17) is 16.6 Å². The van der Waals surface area contributed by atoms with Crippen molar-refractivity contribution in [2.75, 3.05) is 5.32 Å². The summed E-state index contributed by atoms with van der Waals surface area (Å²) >= 11 is 9.53. The van der Waals surface area contributed by atoms with Gasteiger partial charge in [0.1, 0.15) is 0 Å². The summed E-state index contributed by atoms with van der Waals surface area (Å²) in [4.78, 5) is 18.1. The second-order valence-corrected chi connectivity index (χ2v) is 8.48. The molecule has 3 nitrogen and oxygen atoms in total. The van der Waals surface area contributed by atoms with Crippen LogP contribution in [-0.4, -0.2) is 10.9 Å². The van der Waals surface area contributed by atoms with Gasteiger partial charge in [0.25, 0.3) is 5.91 Å². The fourth-order valence-corrected chi connectivity index (χ4v) is 3.74. The Hall–Kier alpha value is -2.69. The van der Waals surface area contributed by atoms with Gasteiger partial charge in [-0.05, 0) is 73.0 Å². The van der Waals surface area contributed by atoms with Crippen LogP contribution < -0.4 is 5.32 Å². The zero-order chi connectivity index (χ0) is 21.3. The lowest BCUT2D eigenvalue weighted by Crippen LogP contribution is -2.13. The van der Waals surface area contributed by atoms with E-state index in [0.717, 1.165) is 49.9 Å². The van der Waals surface area contributed by atoms with Crippen molar-refractivity contribution in [3.05, 3.63) is 92.9 Å². The number of rotatable bonds is 4. The second-order valence-electron chi connectivity index (χ2n) is 7.19. The highest BCUT2D eigenvalue weighted by Gasteiger charge is 2.15. The van der Waals surface area contributed by atoms with Crippen LogP contribution in [0.25, 0.3) is 22.2 Å². The third kappa shape index (κ3) is 4.25. The third-order valence-electron chi connectivity index (χ3n) is 5.08. The van der Waals surface area contributed by atoms with Gasteiger partial charge >= 0.3 is 0 Å². The summed E-state index contributed by atoms with van der Waals surface area (Å²) in [6.07, 6.45) is 0.891. The van der Waals surface area contributed by atoms with E-state index in [1.54, 1.807) is 0 Å². The summed E-state index contributed by atoms with van der Waals surface area (Å²) < 4.78 is 1.01. The third-order valence-corrected chi connectivity index (χ3v) is 6.22. The average Bonchev–Trinajstić information content (AvgIpc) is 2.75. The van der Waals surface area contributed by atoms with E-state index in [-0.39, 0.29) is 5.91 Å². The van der Waals surface area contributed by atoms with Crippen LogP contribution >= 0.6 is 27.5 Å². The van der Waals surface area contributed by atoms with Crippen LogP contribution in [0.3, 0.4) is 0 Å². The molecule has 0 spiro atoms. The van der Waals surface area contributed by atoms with Gasteiger partial charge in [0.2, 0.25) is 0 Å². The Balaban J connectivity index is 1.83. The van der Waals surface area contributed by atoms with Gasteiger partial charge in [0.15, 0.2) is 0 Å². The molecule has 1 heterocycles. The molecule has 0 aliphatic heterocycles. The van der Waals surface area contributed by atoms with Crippen molar-refractivity contribution in [1.82, 2.24) is 4.98 Å². The van der Waals surface area contributed by atoms with E-state index in [0.29, 0.717) is 10.6 Å². The first-order valence-electron chi connectivity index (χ1n) is 9.71. The number of anilines is 1. The summed E-state index contributed by atoms with van der Waals surface area (Å²) in [5.41, 5.74) is 6.01. The fraction of sp³-hybridized carbons (Fsp3) is 0.120. The van der Waals surface area contributed by atoms with Gasteiger partial charge in [-0.3, -0.25) is 4.79 Å². The predicted molar refractivity (Wildman–Crippen MR) is 128 cm³/mol. The van der Waals surface area contributed by atoms with Gasteiger partial charge in [-0.25, -0.2) is 4.98 Å². The summed E-state index contributed by atoms with van der Waals surface area (Å²) in [7, 11) is 0. The molecule has 4 aromatic rings. The molecule has 150 valence electrons. The number of nitrogens with one attached hydrogen (secondary N) is 1. The summed E-state index contributed by atoms with van der Waals surface area (Å²) in [5, 5.41) is 4.54. The fourth-order valence-electron chi connectivity index (χ4n) is 3.37. The first kappa shape index (κ1) is 20.6. The first-order valence-corrected chi connectivity index (χ1v) is 10.9. The molecule has 0 unspecified atom stereocenters. The van der Waals surface area contributed by atoms with E-state index < -0.39 is 0 Å². The largest absolute Gasteiger partial charge is 0.322 e. The van der Waals surface area contributed by atoms with Crippen molar-refractivity contribution >= 4 is 50.0 Å². The van der Waals surface area contributed by atoms with Crippen LogP contribution in [0.4, 0.5) is 5.69 Å². The highest BCUT2D eigenvalue weighted by Crippen LogP contribution is 2.28. The molecule has 0 aliphatic carbocycles. The van der Waals surface area contributed by atoms with Crippen LogP contribution in [0.2, 0.25) is 5.02 Å². The maximum Gasteiger partial charge on any atom is 0.256 e. The molecule has 0 fully saturated rings. The lowest BCUT2D eigenvalue weighted by Gasteiger charge is -2.12. The molecule has 0 aliphatic rings. The number of hydrogen-bond donors (Lipinski definition) is 1. The Labute approximate surface area is 189 Å². The zero-order valence-corrected chi connectivity index (χ0v) is 19.0. The van der Waals surface area contributed by atoms with Gasteiger partial charge in [0, 0.05) is 26.1 Å². The highest BCUT2D eigenvalue weighted by molar-refractivity contribution is 9.10. The maximum atomic E-state index is 13.3. The SMILES string of the molecule is CCc1ccc2nc(-c3ccc(Cl)cc3)cc(C(=O)Nc3ccc(Br)c(C)c3)c2c1. The molecule has 1 N–H and O–H groups in total. The van der Waals surface area contributed by atoms with Gasteiger partial charge in [-0.2, -0.15) is 0 Å². The van der Waals surface area contributed by atoms with Crippen molar-refractivity contribution in [2.45, 2.75) is 20.3 Å². The van der Waals surface area contributed by atoms with E-state index >= 15 is 0 Å². The summed E-state index contributed by atoms with van der Waals surface area (Å²) in [5.74, 6) is -0.160. The molecule has 1 amide bonds. The zero-order valence-electron chi connectivity index (χ0n) is 16.7. The normalized spacial score (nSPS) is 10.9. The molecule has 0 saturated heterocycles. The van der Waals surface area contributed by atoms with Gasteiger partial charge < -0.3 is 5.32 Å². The Morgan fingerprint density at radius 3 is 2.50 bits per heavy atom. The molecule has 3 aromatic carbocycles. The Morgan fingerprint density at radius 2 is 1.80 bits per heavy atom. The Kier molecular flexibility index (Phi) is 5.89. The predicted octanol–water partition coefficient (Wildman–Crippen LogP) is 7.44. The van der Waals surface area contributed by atoms with E-state index in [2.05, 4.69) is 40.3 Å². The number of halogens is 2. The molecule has 30 heavy (non-hydrogen) atoms. The summed E-state index contributed by atoms with van der Waals surface area (Å²) in [6, 6.07) is 21.2. The molecule has 0 radical (unpaired) electrons. The number of carbonyl (C=O) groups excluding carboxylic acids is 1. The number of hydrogen-bond acceptors (Lipinski definition) is 2. The van der Waals surface area contributed by atoms with Crippen LogP contribution in [0.1, 0.15) is 28.4 Å². The molecule has 0 bridgehead atoms. The Morgan fingerprint density at radius 1 is 1.03 bits per heavy atom. The first-order chi connectivity index (χ1) is 14.4. The standard InChI is InChI=1S/C25H20BrClN2O/c1-3-16-4-11-23-20(13-16)21(14-24(29-23)17-5-7-18(27)8-6-17)25(30)28-19-9-10-22(26)15(2)12-19/h4-14H,3H2,1-2H3,(H,28,30). The number of nitrogens with zero attached hydrogens (tertiary/aromatic N) is 1. The topological polar surface area (TPSA) is 42.0 Å². The number of pyridine rings is 1. The molecule has 5 heteroatoms. The number of amides is 1. The number of fused-ring (bicyclic) bond motifs is 1. The van der Waals surface area contributed by atoms with E-state index in [9.17, 15) is 4.79 Å². The maximum absolute atomic E-state index is 13.3. The van der Waals surface area contributed by atoms with Crippen molar-refractivity contribution in [3.63, 3.8) is 0 Å². The average molecular weight is 480 g/mol. The van der Waals surface area contributed by atoms with E-state index in [1.165, 1.54) is 0 Å². The quantitative estimate of drug-likeness (QED) is 0.330. The smallest absolute Gasteiger partial charge is 0.256 e. The van der Waals surface area contributed by atoms with Crippen LogP contribution in [0, 0.1) is 6.92 Å². The minimum absolute atomic E-state index is 0.160. The van der Waals surface area contributed by atoms with Gasteiger partial charge in [0.05, 0.1) is 16.8 Å². The second kappa shape index (κ2) is 8.58. The molecule has 0 saturated carbocycles. The van der Waals surface area contributed by atoms with Crippen LogP contribution in [0.5, 0.6) is 0 Å². The molecule has 1 aromatic heterocycles. The lowest BCUT2D eigenvalue weighted by atomic mass is 10.0. The van der Waals surface area contributed by atoms with Crippen molar-refractivity contribution in [1.29, 1.82) is 0 Å².